The Morgan fingerprint density at radius 1 is 1.12 bits per heavy atom. The number of fused-ring (bicyclic) bond motifs is 1. The topological polar surface area (TPSA) is 76.7 Å². The number of benzene rings is 2. The second kappa shape index (κ2) is 8.16. The molecule has 0 radical (unpaired) electrons. The lowest BCUT2D eigenvalue weighted by atomic mass is 9.96. The summed E-state index contributed by atoms with van der Waals surface area (Å²) in [6, 6.07) is 15.1. The van der Waals surface area contributed by atoms with Gasteiger partial charge in [-0.25, -0.2) is 13.9 Å². The van der Waals surface area contributed by atoms with Crippen LogP contribution in [0.4, 0.5) is 4.39 Å². The first-order chi connectivity index (χ1) is 15.2. The highest BCUT2D eigenvalue weighted by molar-refractivity contribution is 5.97. The molecule has 0 atom stereocenters. The number of ether oxygens (including phenoxy) is 1. The lowest BCUT2D eigenvalue weighted by Gasteiger charge is -2.17. The average Bonchev–Trinajstić information content (AvgIpc) is 3.13. The number of carbonyl (C=O) groups excluding carboxylic acids is 1. The van der Waals surface area contributed by atoms with Gasteiger partial charge in [0.05, 0.1) is 36.2 Å². The van der Waals surface area contributed by atoms with E-state index in [1.54, 1.807) is 60.8 Å². The van der Waals surface area contributed by atoms with Gasteiger partial charge in [-0.1, -0.05) is 24.3 Å². The molecule has 32 heavy (non-hydrogen) atoms. The Morgan fingerprint density at radius 3 is 2.50 bits per heavy atom. The third-order valence-electron chi connectivity index (χ3n) is 5.30. The van der Waals surface area contributed by atoms with Crippen LogP contribution in [0.1, 0.15) is 41.2 Å². The zero-order chi connectivity index (χ0) is 23.0. The molecule has 0 unspecified atom stereocenters. The maximum absolute atomic E-state index is 13.9. The molecule has 6 nitrogen and oxygen atoms in total. The Morgan fingerprint density at radius 2 is 1.84 bits per heavy atom. The number of aryl methyl sites for hydroxylation is 1. The normalized spacial score (nSPS) is 11.7. The molecule has 4 rings (SSSR count). The molecule has 0 fully saturated rings. The first-order valence-electron chi connectivity index (χ1n) is 10.2. The van der Waals surface area contributed by atoms with Crippen LogP contribution in [-0.2, 0) is 12.0 Å². The van der Waals surface area contributed by atoms with Crippen molar-refractivity contribution in [3.05, 3.63) is 82.9 Å². The van der Waals surface area contributed by atoms with E-state index in [0.717, 1.165) is 11.3 Å². The van der Waals surface area contributed by atoms with Crippen molar-refractivity contribution in [2.75, 3.05) is 7.11 Å². The average molecular weight is 433 g/mol. The van der Waals surface area contributed by atoms with Gasteiger partial charge in [-0.2, -0.15) is 5.10 Å². The van der Waals surface area contributed by atoms with E-state index in [0.29, 0.717) is 28.2 Å². The van der Waals surface area contributed by atoms with E-state index in [2.05, 4.69) is 10.1 Å². The van der Waals surface area contributed by atoms with Crippen molar-refractivity contribution < 1.29 is 19.0 Å². The lowest BCUT2D eigenvalue weighted by molar-refractivity contribution is 0.0784. The van der Waals surface area contributed by atoms with Gasteiger partial charge in [-0.05, 0) is 50.6 Å². The van der Waals surface area contributed by atoms with Crippen molar-refractivity contribution in [3.8, 4) is 17.0 Å². The van der Waals surface area contributed by atoms with Gasteiger partial charge in [-0.3, -0.25) is 4.79 Å². The Bertz CT molecular complexity index is 1300. The first kappa shape index (κ1) is 21.6. The van der Waals surface area contributed by atoms with Gasteiger partial charge in [0.2, 0.25) is 0 Å². The van der Waals surface area contributed by atoms with Gasteiger partial charge in [-0.15, -0.1) is 0 Å². The van der Waals surface area contributed by atoms with Crippen molar-refractivity contribution >= 4 is 11.4 Å². The maximum Gasteiger partial charge on any atom is 0.168 e. The molecule has 1 N–H and O–H groups in total. The van der Waals surface area contributed by atoms with Crippen molar-refractivity contribution in [2.24, 2.45) is 0 Å². The van der Waals surface area contributed by atoms with Crippen LogP contribution < -0.4 is 4.74 Å². The molecule has 0 aliphatic rings. The van der Waals surface area contributed by atoms with Crippen molar-refractivity contribution in [3.63, 3.8) is 0 Å². The summed E-state index contributed by atoms with van der Waals surface area (Å²) < 4.78 is 20.7. The van der Waals surface area contributed by atoms with Crippen LogP contribution in [0.3, 0.4) is 0 Å². The van der Waals surface area contributed by atoms with E-state index < -0.39 is 11.4 Å². The fourth-order valence-electron chi connectivity index (χ4n) is 3.59. The van der Waals surface area contributed by atoms with Gasteiger partial charge in [0.25, 0.3) is 0 Å². The summed E-state index contributed by atoms with van der Waals surface area (Å²) in [4.78, 5) is 17.5. The van der Waals surface area contributed by atoms with Gasteiger partial charge < -0.3 is 9.84 Å². The highest BCUT2D eigenvalue weighted by atomic mass is 19.1. The molecule has 0 bridgehead atoms. The van der Waals surface area contributed by atoms with Crippen LogP contribution >= 0.6 is 0 Å². The van der Waals surface area contributed by atoms with Crippen LogP contribution in [0.25, 0.3) is 16.9 Å². The Kier molecular flexibility index (Phi) is 5.52. The molecular formula is C25H24FN3O3. The number of nitrogens with zero attached hydrogens (tertiary/aromatic N) is 3. The molecule has 2 aromatic heterocycles. The number of halogens is 1. The summed E-state index contributed by atoms with van der Waals surface area (Å²) in [5.74, 6) is -0.424. The molecule has 0 saturated heterocycles. The number of hydrogen-bond donors (Lipinski definition) is 1. The molecule has 0 aliphatic carbocycles. The second-order valence-corrected chi connectivity index (χ2v) is 8.27. The summed E-state index contributed by atoms with van der Waals surface area (Å²) in [7, 11) is 1.41. The fourth-order valence-corrected chi connectivity index (χ4v) is 3.59. The largest absolute Gasteiger partial charge is 0.494 e. The smallest absolute Gasteiger partial charge is 0.168 e. The van der Waals surface area contributed by atoms with E-state index >= 15 is 0 Å². The SMILES string of the molecule is COc1cc(-c2cc(CC(=O)c3ccc(C(C)(C)O)cc3)nc3cc(C)nn23)ccc1F. The molecule has 0 spiro atoms. The maximum atomic E-state index is 13.9. The lowest BCUT2D eigenvalue weighted by Crippen LogP contribution is -2.15. The second-order valence-electron chi connectivity index (χ2n) is 8.27. The first-order valence-corrected chi connectivity index (χ1v) is 10.2. The molecule has 0 saturated carbocycles. The summed E-state index contributed by atoms with van der Waals surface area (Å²) in [5.41, 5.74) is 3.63. The number of Topliss-reactive ketones (excluding diaryl/α,β-unsaturated/α-hetero) is 1. The zero-order valence-corrected chi connectivity index (χ0v) is 18.4. The summed E-state index contributed by atoms with van der Waals surface area (Å²) in [5, 5.41) is 14.6. The van der Waals surface area contributed by atoms with E-state index in [4.69, 9.17) is 4.74 Å². The van der Waals surface area contributed by atoms with E-state index in [1.807, 2.05) is 13.0 Å². The van der Waals surface area contributed by atoms with Crippen LogP contribution in [0.15, 0.2) is 54.6 Å². The highest BCUT2D eigenvalue weighted by Gasteiger charge is 2.18. The Labute approximate surface area is 185 Å². The monoisotopic (exact) mass is 433 g/mol. The minimum atomic E-state index is -0.973. The summed E-state index contributed by atoms with van der Waals surface area (Å²) in [6.45, 7) is 5.25. The van der Waals surface area contributed by atoms with Crippen LogP contribution in [-0.4, -0.2) is 32.6 Å². The van der Waals surface area contributed by atoms with Crippen LogP contribution in [0.2, 0.25) is 0 Å². The standard InChI is InChI=1S/C25H24FN3O3/c1-15-11-24-27-19(14-22(30)16-5-8-18(9-6-16)25(2,3)31)13-21(29(24)28-15)17-7-10-20(26)23(12-17)32-4/h5-13,31H,14H2,1-4H3. The minimum absolute atomic E-state index is 0.0912. The molecule has 7 heteroatoms. The predicted molar refractivity (Wildman–Crippen MR) is 119 cm³/mol. The van der Waals surface area contributed by atoms with E-state index in [-0.39, 0.29) is 18.0 Å². The van der Waals surface area contributed by atoms with Crippen molar-refractivity contribution in [1.82, 2.24) is 14.6 Å². The number of methoxy groups -OCH3 is 1. The quantitative estimate of drug-likeness (QED) is 0.453. The molecule has 164 valence electrons. The fraction of sp³-hybridized carbons (Fsp3) is 0.240. The van der Waals surface area contributed by atoms with Gasteiger partial charge in [0.15, 0.2) is 23.0 Å². The van der Waals surface area contributed by atoms with Gasteiger partial charge >= 0.3 is 0 Å². The van der Waals surface area contributed by atoms with Crippen LogP contribution in [0.5, 0.6) is 5.75 Å². The molecular weight excluding hydrogens is 409 g/mol. The Balaban J connectivity index is 1.72. The van der Waals surface area contributed by atoms with Gasteiger partial charge in [0, 0.05) is 17.2 Å². The van der Waals surface area contributed by atoms with Crippen molar-refractivity contribution in [2.45, 2.75) is 32.8 Å². The number of aromatic nitrogens is 3. The third-order valence-corrected chi connectivity index (χ3v) is 5.30. The minimum Gasteiger partial charge on any atom is -0.494 e. The van der Waals surface area contributed by atoms with E-state index in [1.165, 1.54) is 13.2 Å². The third kappa shape index (κ3) is 4.24. The molecule has 4 aromatic rings. The summed E-state index contributed by atoms with van der Waals surface area (Å²) in [6.07, 6.45) is 0.0912. The van der Waals surface area contributed by atoms with Gasteiger partial charge in [0.1, 0.15) is 0 Å². The summed E-state index contributed by atoms with van der Waals surface area (Å²) >= 11 is 0. The Hall–Kier alpha value is -3.58. The molecule has 2 aromatic carbocycles. The number of rotatable bonds is 6. The van der Waals surface area contributed by atoms with Crippen LogP contribution in [0, 0.1) is 12.7 Å². The van der Waals surface area contributed by atoms with E-state index in [9.17, 15) is 14.3 Å². The number of carbonyl (C=O) groups is 1. The number of aliphatic hydroxyl groups is 1. The predicted octanol–water partition coefficient (Wildman–Crippen LogP) is 4.51. The molecule has 0 aliphatic heterocycles. The highest BCUT2D eigenvalue weighted by Crippen LogP contribution is 2.28. The number of hydrogen-bond acceptors (Lipinski definition) is 5. The molecule has 2 heterocycles. The molecule has 0 amide bonds. The van der Waals surface area contributed by atoms with Crippen molar-refractivity contribution in [1.29, 1.82) is 0 Å². The number of ketones is 1. The zero-order valence-electron chi connectivity index (χ0n) is 18.4.